The zero-order valence-electron chi connectivity index (χ0n) is 9.84. The van der Waals surface area contributed by atoms with Crippen molar-refractivity contribution in [2.24, 2.45) is 5.92 Å². The minimum Gasteiger partial charge on any atom is -0.353 e. The Morgan fingerprint density at radius 1 is 1.43 bits per heavy atom. The lowest BCUT2D eigenvalue weighted by Crippen LogP contribution is -2.34. The highest BCUT2D eigenvalue weighted by atomic mass is 16.1. The van der Waals surface area contributed by atoms with Gasteiger partial charge in [-0.25, -0.2) is 0 Å². The van der Waals surface area contributed by atoms with Crippen LogP contribution in [0.2, 0.25) is 0 Å². The molecule has 0 aliphatic heterocycles. The third-order valence-corrected chi connectivity index (χ3v) is 2.38. The molecule has 0 radical (unpaired) electrons. The molecule has 0 aromatic heterocycles. The van der Waals surface area contributed by atoms with Gasteiger partial charge in [-0.1, -0.05) is 38.8 Å². The first-order valence-corrected chi connectivity index (χ1v) is 5.51. The molecular weight excluding hydrogens is 174 g/mol. The molecule has 0 aliphatic carbocycles. The van der Waals surface area contributed by atoms with Crippen molar-refractivity contribution in [3.05, 3.63) is 12.2 Å². The first kappa shape index (κ1) is 13.2. The summed E-state index contributed by atoms with van der Waals surface area (Å²) in [6.45, 7) is 7.92. The third-order valence-electron chi connectivity index (χ3n) is 2.38. The van der Waals surface area contributed by atoms with Crippen LogP contribution in [0.25, 0.3) is 0 Å². The van der Waals surface area contributed by atoms with E-state index in [0.717, 1.165) is 6.42 Å². The van der Waals surface area contributed by atoms with Crippen molar-refractivity contribution in [2.75, 3.05) is 0 Å². The van der Waals surface area contributed by atoms with Gasteiger partial charge in [0, 0.05) is 13.0 Å². The summed E-state index contributed by atoms with van der Waals surface area (Å²) in [5, 5.41) is 2.89. The van der Waals surface area contributed by atoms with Crippen molar-refractivity contribution in [2.45, 2.75) is 53.0 Å². The normalized spacial score (nSPS) is 15.4. The van der Waals surface area contributed by atoms with Crippen molar-refractivity contribution >= 4 is 5.91 Å². The highest BCUT2D eigenvalue weighted by Gasteiger charge is 2.08. The molecule has 0 saturated heterocycles. The lowest BCUT2D eigenvalue weighted by atomic mass is 10.0. The maximum atomic E-state index is 10.8. The Morgan fingerprint density at radius 3 is 2.57 bits per heavy atom. The van der Waals surface area contributed by atoms with Gasteiger partial charge in [0.25, 0.3) is 0 Å². The molecule has 0 bridgehead atoms. The lowest BCUT2D eigenvalue weighted by Gasteiger charge is -2.17. The fraction of sp³-hybridized carbons (Fsp3) is 0.750. The van der Waals surface area contributed by atoms with Crippen LogP contribution < -0.4 is 5.32 Å². The number of amides is 1. The zero-order valence-corrected chi connectivity index (χ0v) is 9.84. The molecule has 2 nitrogen and oxygen atoms in total. The Bertz CT molecular complexity index is 187. The number of carbonyl (C=O) groups excluding carboxylic acids is 1. The first-order valence-electron chi connectivity index (χ1n) is 5.51. The molecule has 0 saturated carbocycles. The fourth-order valence-corrected chi connectivity index (χ4v) is 1.25. The van der Waals surface area contributed by atoms with Crippen LogP contribution >= 0.6 is 0 Å². The highest BCUT2D eigenvalue weighted by Crippen LogP contribution is 2.06. The molecule has 1 unspecified atom stereocenters. The lowest BCUT2D eigenvalue weighted by molar-refractivity contribution is -0.119. The molecule has 0 rings (SSSR count). The van der Waals surface area contributed by atoms with Crippen molar-refractivity contribution < 1.29 is 4.79 Å². The van der Waals surface area contributed by atoms with Crippen LogP contribution in [0.3, 0.4) is 0 Å². The summed E-state index contributed by atoms with van der Waals surface area (Å²) in [5.74, 6) is 0.460. The minimum atomic E-state index is 0.0475. The number of hydrogen-bond donors (Lipinski definition) is 1. The first-order chi connectivity index (χ1) is 6.57. The molecule has 0 heterocycles. The molecule has 0 aromatic carbocycles. The summed E-state index contributed by atoms with van der Waals surface area (Å²) in [6, 6.07) is 0.227. The van der Waals surface area contributed by atoms with Gasteiger partial charge in [0.2, 0.25) is 5.91 Å². The molecule has 14 heavy (non-hydrogen) atoms. The summed E-state index contributed by atoms with van der Waals surface area (Å²) in [6.07, 6.45) is 8.04. The van der Waals surface area contributed by atoms with E-state index in [1.54, 1.807) is 6.92 Å². The topological polar surface area (TPSA) is 29.1 Å². The van der Waals surface area contributed by atoms with E-state index >= 15 is 0 Å². The SMILES string of the molecule is CCCC/C=C/C(C)[C@@H](C)NC(C)=O. The van der Waals surface area contributed by atoms with Crippen molar-refractivity contribution in [1.29, 1.82) is 0 Å². The van der Waals surface area contributed by atoms with Gasteiger partial charge in [-0.05, 0) is 19.3 Å². The Hall–Kier alpha value is -0.790. The predicted octanol–water partition coefficient (Wildman–Crippen LogP) is 2.89. The van der Waals surface area contributed by atoms with Gasteiger partial charge >= 0.3 is 0 Å². The van der Waals surface area contributed by atoms with Crippen LogP contribution in [-0.2, 0) is 4.79 Å². The number of allylic oxidation sites excluding steroid dienone is 1. The number of unbranched alkanes of at least 4 members (excludes halogenated alkanes) is 2. The number of nitrogens with one attached hydrogen (secondary N) is 1. The monoisotopic (exact) mass is 197 g/mol. The van der Waals surface area contributed by atoms with Crippen molar-refractivity contribution in [3.63, 3.8) is 0 Å². The largest absolute Gasteiger partial charge is 0.353 e. The van der Waals surface area contributed by atoms with Crippen molar-refractivity contribution in [1.82, 2.24) is 5.32 Å². The molecule has 0 fully saturated rings. The standard InChI is InChI=1S/C12H23NO/c1-5-6-7-8-9-10(2)11(3)13-12(4)14/h8-11H,5-7H2,1-4H3,(H,13,14)/b9-8+/t10?,11-/m1/s1. The van der Waals surface area contributed by atoms with E-state index < -0.39 is 0 Å². The van der Waals surface area contributed by atoms with Gasteiger partial charge in [-0.15, -0.1) is 0 Å². The molecule has 2 atom stereocenters. The van der Waals surface area contributed by atoms with E-state index in [0.29, 0.717) is 5.92 Å². The second-order valence-corrected chi connectivity index (χ2v) is 3.92. The molecule has 2 heteroatoms. The average molecular weight is 197 g/mol. The van der Waals surface area contributed by atoms with Crippen LogP contribution in [0.15, 0.2) is 12.2 Å². The van der Waals surface area contributed by atoms with Gasteiger partial charge in [-0.2, -0.15) is 0 Å². The summed E-state index contributed by atoms with van der Waals surface area (Å²) in [4.78, 5) is 10.8. The van der Waals surface area contributed by atoms with E-state index in [9.17, 15) is 4.79 Å². The molecular formula is C12H23NO. The van der Waals surface area contributed by atoms with Crippen LogP contribution in [0, 0.1) is 5.92 Å². The predicted molar refractivity (Wildman–Crippen MR) is 61.1 cm³/mol. The highest BCUT2D eigenvalue weighted by molar-refractivity contribution is 5.73. The van der Waals surface area contributed by atoms with Gasteiger partial charge in [0.1, 0.15) is 0 Å². The minimum absolute atomic E-state index is 0.0475. The number of carbonyl (C=O) groups is 1. The third kappa shape index (κ3) is 6.70. The Balaban J connectivity index is 3.76. The van der Waals surface area contributed by atoms with E-state index in [1.165, 1.54) is 12.8 Å². The number of rotatable bonds is 6. The van der Waals surface area contributed by atoms with Crippen LogP contribution in [0.1, 0.15) is 47.0 Å². The van der Waals surface area contributed by atoms with E-state index in [1.807, 2.05) is 6.92 Å². The maximum absolute atomic E-state index is 10.8. The molecule has 1 N–H and O–H groups in total. The summed E-state index contributed by atoms with van der Waals surface area (Å²) in [5.41, 5.74) is 0. The van der Waals surface area contributed by atoms with Crippen LogP contribution in [-0.4, -0.2) is 11.9 Å². The summed E-state index contributed by atoms with van der Waals surface area (Å²) < 4.78 is 0. The van der Waals surface area contributed by atoms with Gasteiger partial charge in [-0.3, -0.25) is 4.79 Å². The second kappa shape index (κ2) is 7.60. The molecule has 82 valence electrons. The van der Waals surface area contributed by atoms with Gasteiger partial charge in [0.05, 0.1) is 0 Å². The maximum Gasteiger partial charge on any atom is 0.217 e. The quantitative estimate of drug-likeness (QED) is 0.515. The smallest absolute Gasteiger partial charge is 0.217 e. The molecule has 0 aromatic rings. The van der Waals surface area contributed by atoms with Crippen LogP contribution in [0.4, 0.5) is 0 Å². The zero-order chi connectivity index (χ0) is 11.0. The molecule has 0 aliphatic rings. The van der Waals surface area contributed by atoms with E-state index in [-0.39, 0.29) is 11.9 Å². The Labute approximate surface area is 87.8 Å². The summed E-state index contributed by atoms with van der Waals surface area (Å²) in [7, 11) is 0. The Morgan fingerprint density at radius 2 is 2.07 bits per heavy atom. The van der Waals surface area contributed by atoms with E-state index in [2.05, 4.69) is 31.3 Å². The van der Waals surface area contributed by atoms with Gasteiger partial charge < -0.3 is 5.32 Å². The van der Waals surface area contributed by atoms with Gasteiger partial charge in [0.15, 0.2) is 0 Å². The van der Waals surface area contributed by atoms with Crippen molar-refractivity contribution in [3.8, 4) is 0 Å². The fourth-order valence-electron chi connectivity index (χ4n) is 1.25. The molecule has 1 amide bonds. The second-order valence-electron chi connectivity index (χ2n) is 3.92. The Kier molecular flexibility index (Phi) is 7.17. The molecule has 0 spiro atoms. The van der Waals surface area contributed by atoms with E-state index in [4.69, 9.17) is 0 Å². The summed E-state index contributed by atoms with van der Waals surface area (Å²) >= 11 is 0. The average Bonchev–Trinajstić information content (AvgIpc) is 2.11. The van der Waals surface area contributed by atoms with Crippen LogP contribution in [0.5, 0.6) is 0 Å². The number of hydrogen-bond acceptors (Lipinski definition) is 1.